The number of halogens is 2. The third kappa shape index (κ3) is 2.81. The van der Waals surface area contributed by atoms with E-state index in [9.17, 15) is 9.18 Å². The van der Waals surface area contributed by atoms with Crippen molar-refractivity contribution in [2.45, 2.75) is 12.8 Å². The Kier molecular flexibility index (Phi) is 3.42. The summed E-state index contributed by atoms with van der Waals surface area (Å²) in [6.45, 7) is 0. The Hall–Kier alpha value is -0.900. The van der Waals surface area contributed by atoms with Crippen LogP contribution in [0.15, 0.2) is 22.7 Å². The number of carboxylic acid groups (broad SMARTS) is 1. The maximum absolute atomic E-state index is 13.2. The molecule has 0 radical (unpaired) electrons. The standard InChI is InChI=1S/C9H8BrFO2/c10-7-3-1-2-6(9(7)11)4-5-8(12)13/h1-3H,4-5H2,(H,12,13). The first-order valence-corrected chi connectivity index (χ1v) is 4.55. The molecule has 1 aromatic carbocycles. The van der Waals surface area contributed by atoms with E-state index in [0.29, 0.717) is 10.0 Å². The number of aliphatic carboxylic acids is 1. The van der Waals surface area contributed by atoms with Crippen molar-refractivity contribution in [1.29, 1.82) is 0 Å². The minimum atomic E-state index is -0.917. The highest BCUT2D eigenvalue weighted by molar-refractivity contribution is 9.10. The number of hydrogen-bond acceptors (Lipinski definition) is 1. The Bertz CT molecular complexity index is 325. The van der Waals surface area contributed by atoms with Gasteiger partial charge in [-0.2, -0.15) is 0 Å². The van der Waals surface area contributed by atoms with Crippen LogP contribution in [0.4, 0.5) is 4.39 Å². The Labute approximate surface area is 83.5 Å². The van der Waals surface area contributed by atoms with E-state index >= 15 is 0 Å². The summed E-state index contributed by atoms with van der Waals surface area (Å²) in [5.41, 5.74) is 0.428. The Morgan fingerprint density at radius 2 is 2.23 bits per heavy atom. The van der Waals surface area contributed by atoms with Crippen LogP contribution in [0, 0.1) is 5.82 Å². The number of aryl methyl sites for hydroxylation is 1. The molecule has 0 aromatic heterocycles. The molecule has 1 N–H and O–H groups in total. The molecule has 0 aliphatic heterocycles. The lowest BCUT2D eigenvalue weighted by atomic mass is 10.1. The maximum Gasteiger partial charge on any atom is 0.303 e. The lowest BCUT2D eigenvalue weighted by Gasteiger charge is -2.01. The first kappa shape index (κ1) is 10.2. The molecule has 0 atom stereocenters. The van der Waals surface area contributed by atoms with Gasteiger partial charge in [0.25, 0.3) is 0 Å². The topological polar surface area (TPSA) is 37.3 Å². The minimum Gasteiger partial charge on any atom is -0.481 e. The van der Waals surface area contributed by atoms with Crippen molar-refractivity contribution in [2.75, 3.05) is 0 Å². The van der Waals surface area contributed by atoms with Crippen LogP contribution in [-0.2, 0) is 11.2 Å². The van der Waals surface area contributed by atoms with Gasteiger partial charge in [0.15, 0.2) is 0 Å². The molecular formula is C9H8BrFO2. The third-order valence-corrected chi connectivity index (χ3v) is 2.25. The van der Waals surface area contributed by atoms with Gasteiger partial charge in [-0.15, -0.1) is 0 Å². The number of carboxylic acids is 1. The molecule has 13 heavy (non-hydrogen) atoms. The Morgan fingerprint density at radius 1 is 1.54 bits per heavy atom. The van der Waals surface area contributed by atoms with E-state index in [1.54, 1.807) is 18.2 Å². The summed E-state index contributed by atoms with van der Waals surface area (Å²) < 4.78 is 13.6. The van der Waals surface area contributed by atoms with Gasteiger partial charge >= 0.3 is 5.97 Å². The first-order chi connectivity index (χ1) is 6.11. The lowest BCUT2D eigenvalue weighted by molar-refractivity contribution is -0.136. The summed E-state index contributed by atoms with van der Waals surface area (Å²) >= 11 is 3.03. The molecule has 2 nitrogen and oxygen atoms in total. The van der Waals surface area contributed by atoms with Crippen molar-refractivity contribution in [3.63, 3.8) is 0 Å². The molecule has 0 unspecified atom stereocenters. The van der Waals surface area contributed by atoms with Crippen molar-refractivity contribution in [2.24, 2.45) is 0 Å². The van der Waals surface area contributed by atoms with Gasteiger partial charge in [-0.25, -0.2) is 4.39 Å². The summed E-state index contributed by atoms with van der Waals surface area (Å²) in [6, 6.07) is 4.85. The van der Waals surface area contributed by atoms with E-state index < -0.39 is 5.97 Å². The van der Waals surface area contributed by atoms with Crippen LogP contribution in [0.5, 0.6) is 0 Å². The van der Waals surface area contributed by atoms with E-state index in [2.05, 4.69) is 15.9 Å². The normalized spacial score (nSPS) is 10.0. The number of carbonyl (C=O) groups is 1. The van der Waals surface area contributed by atoms with E-state index in [0.717, 1.165) is 0 Å². The molecule has 0 saturated carbocycles. The van der Waals surface area contributed by atoms with Crippen LogP contribution < -0.4 is 0 Å². The number of rotatable bonds is 3. The van der Waals surface area contributed by atoms with Gasteiger partial charge in [0.2, 0.25) is 0 Å². The zero-order valence-corrected chi connectivity index (χ0v) is 8.34. The molecule has 0 heterocycles. The van der Waals surface area contributed by atoms with E-state index in [1.807, 2.05) is 0 Å². The highest BCUT2D eigenvalue weighted by Crippen LogP contribution is 2.19. The van der Waals surface area contributed by atoms with Gasteiger partial charge in [0.05, 0.1) is 4.47 Å². The van der Waals surface area contributed by atoms with Crippen molar-refractivity contribution in [3.8, 4) is 0 Å². The second-order valence-corrected chi connectivity index (χ2v) is 3.46. The van der Waals surface area contributed by atoms with E-state index in [-0.39, 0.29) is 18.7 Å². The molecular weight excluding hydrogens is 239 g/mol. The monoisotopic (exact) mass is 246 g/mol. The highest BCUT2D eigenvalue weighted by atomic mass is 79.9. The summed E-state index contributed by atoms with van der Waals surface area (Å²) in [5.74, 6) is -1.29. The summed E-state index contributed by atoms with van der Waals surface area (Å²) in [7, 11) is 0. The molecule has 0 spiro atoms. The maximum atomic E-state index is 13.2. The zero-order chi connectivity index (χ0) is 9.84. The van der Waals surface area contributed by atoms with Crippen LogP contribution >= 0.6 is 15.9 Å². The Morgan fingerprint density at radius 3 is 2.85 bits per heavy atom. The van der Waals surface area contributed by atoms with Gasteiger partial charge in [-0.05, 0) is 34.0 Å². The number of benzene rings is 1. The van der Waals surface area contributed by atoms with Gasteiger partial charge in [0, 0.05) is 6.42 Å². The highest BCUT2D eigenvalue weighted by Gasteiger charge is 2.06. The van der Waals surface area contributed by atoms with Crippen molar-refractivity contribution in [3.05, 3.63) is 34.1 Å². The van der Waals surface area contributed by atoms with Crippen molar-refractivity contribution >= 4 is 21.9 Å². The largest absolute Gasteiger partial charge is 0.481 e. The molecule has 0 fully saturated rings. The third-order valence-electron chi connectivity index (χ3n) is 1.64. The predicted molar refractivity (Wildman–Crippen MR) is 50.1 cm³/mol. The quantitative estimate of drug-likeness (QED) is 0.891. The molecule has 0 aliphatic rings. The zero-order valence-electron chi connectivity index (χ0n) is 6.76. The van der Waals surface area contributed by atoms with Crippen LogP contribution in [0.3, 0.4) is 0 Å². The molecule has 1 rings (SSSR count). The average Bonchev–Trinajstić information content (AvgIpc) is 2.07. The second kappa shape index (κ2) is 4.37. The van der Waals surface area contributed by atoms with Gasteiger partial charge in [-0.1, -0.05) is 12.1 Å². The van der Waals surface area contributed by atoms with E-state index in [4.69, 9.17) is 5.11 Å². The fourth-order valence-electron chi connectivity index (χ4n) is 0.983. The minimum absolute atomic E-state index is 0.0482. The second-order valence-electron chi connectivity index (χ2n) is 2.61. The van der Waals surface area contributed by atoms with Gasteiger partial charge < -0.3 is 5.11 Å². The summed E-state index contributed by atoms with van der Waals surface area (Å²) in [4.78, 5) is 10.2. The van der Waals surface area contributed by atoms with Gasteiger partial charge in [0.1, 0.15) is 5.82 Å². The predicted octanol–water partition coefficient (Wildman–Crippen LogP) is 2.61. The molecule has 70 valence electrons. The van der Waals surface area contributed by atoms with Crippen LogP contribution in [0.2, 0.25) is 0 Å². The molecule has 0 bridgehead atoms. The smallest absolute Gasteiger partial charge is 0.303 e. The van der Waals surface area contributed by atoms with Crippen LogP contribution in [-0.4, -0.2) is 11.1 Å². The molecule has 1 aromatic rings. The number of hydrogen-bond donors (Lipinski definition) is 1. The first-order valence-electron chi connectivity index (χ1n) is 3.76. The van der Waals surface area contributed by atoms with Crippen molar-refractivity contribution in [1.82, 2.24) is 0 Å². The van der Waals surface area contributed by atoms with Crippen LogP contribution in [0.25, 0.3) is 0 Å². The molecule has 4 heteroatoms. The molecule has 0 aliphatic carbocycles. The average molecular weight is 247 g/mol. The van der Waals surface area contributed by atoms with Crippen LogP contribution in [0.1, 0.15) is 12.0 Å². The lowest BCUT2D eigenvalue weighted by Crippen LogP contribution is -1.99. The van der Waals surface area contributed by atoms with Crippen molar-refractivity contribution < 1.29 is 14.3 Å². The molecule has 0 saturated heterocycles. The summed E-state index contributed by atoms with van der Waals surface area (Å²) in [5, 5.41) is 8.40. The summed E-state index contributed by atoms with van der Waals surface area (Å²) in [6.07, 6.45) is 0.175. The molecule has 0 amide bonds. The van der Waals surface area contributed by atoms with Gasteiger partial charge in [-0.3, -0.25) is 4.79 Å². The fourth-order valence-corrected chi connectivity index (χ4v) is 1.39. The Balaban J connectivity index is 2.77. The SMILES string of the molecule is O=C(O)CCc1cccc(Br)c1F. The van der Waals surface area contributed by atoms with E-state index in [1.165, 1.54) is 0 Å². The fraction of sp³-hybridized carbons (Fsp3) is 0.222.